The second kappa shape index (κ2) is 15.4. The van der Waals surface area contributed by atoms with Gasteiger partial charge in [0.25, 0.3) is 0 Å². The van der Waals surface area contributed by atoms with E-state index in [4.69, 9.17) is 54.0 Å². The van der Waals surface area contributed by atoms with Crippen molar-refractivity contribution in [2.24, 2.45) is 0 Å². The van der Waals surface area contributed by atoms with Crippen LogP contribution in [-0.2, 0) is 52.8 Å². The van der Waals surface area contributed by atoms with E-state index in [0.717, 1.165) is 4.52 Å². The van der Waals surface area contributed by atoms with E-state index in [9.17, 15) is 14.3 Å². The molecule has 3 fully saturated rings. The van der Waals surface area contributed by atoms with E-state index in [0.29, 0.717) is 16.7 Å². The zero-order valence-corrected chi connectivity index (χ0v) is 39.3. The molecule has 4 N–H and O–H groups in total. The fourth-order valence-corrected chi connectivity index (χ4v) is 12.0. The number of nitrogens with zero attached hydrogens (tertiary/aromatic N) is 7. The quantitative estimate of drug-likeness (QED) is 0.113. The van der Waals surface area contributed by atoms with E-state index >= 15 is 0 Å². The predicted molar refractivity (Wildman–Crippen MR) is 224 cm³/mol. The van der Waals surface area contributed by atoms with E-state index in [1.54, 1.807) is 4.57 Å². The summed E-state index contributed by atoms with van der Waals surface area (Å²) in [6.45, 7) is 11.3. The summed E-state index contributed by atoms with van der Waals surface area (Å²) in [6.07, 6.45) is -2.92. The Morgan fingerprint density at radius 1 is 0.931 bits per heavy atom. The Labute approximate surface area is 347 Å². The molecule has 7 heterocycles. The highest BCUT2D eigenvalue weighted by atomic mass is 32.7. The van der Waals surface area contributed by atoms with Crippen LogP contribution in [0.25, 0.3) is 16.8 Å². The number of nitrogen functional groups attached to an aromatic ring is 1. The number of aromatic nitrogens is 8. The van der Waals surface area contributed by atoms with Crippen LogP contribution in [0.4, 0.5) is 5.82 Å². The van der Waals surface area contributed by atoms with Crippen LogP contribution in [0.15, 0.2) is 30.0 Å². The largest absolute Gasteiger partial charge is 0.408 e. The van der Waals surface area contributed by atoms with Gasteiger partial charge in [0.2, 0.25) is 0 Å². The number of rotatable bonds is 6. The first kappa shape index (κ1) is 44.1. The molecule has 7 rings (SSSR count). The topological polar surface area (TPSA) is 244 Å². The minimum Gasteiger partial charge on any atom is -0.408 e. The van der Waals surface area contributed by atoms with Crippen LogP contribution in [0.3, 0.4) is 0 Å². The van der Waals surface area contributed by atoms with Crippen LogP contribution < -0.4 is 11.4 Å². The highest BCUT2D eigenvalue weighted by Gasteiger charge is 2.57. The number of nitrogens with one attached hydrogen (secondary N) is 1. The van der Waals surface area contributed by atoms with Crippen molar-refractivity contribution in [3.8, 4) is 0 Å². The van der Waals surface area contributed by atoms with Crippen molar-refractivity contribution in [2.75, 3.05) is 18.9 Å². The van der Waals surface area contributed by atoms with E-state index in [1.807, 2.05) is 26.2 Å². The molecule has 0 radical (unpaired) electrons. The van der Waals surface area contributed by atoms with E-state index in [-0.39, 0.29) is 28.1 Å². The second-order valence-corrected chi connectivity index (χ2v) is 32.8. The van der Waals surface area contributed by atoms with Crippen molar-refractivity contribution in [1.29, 1.82) is 0 Å². The molecule has 26 heteroatoms. The lowest BCUT2D eigenvalue weighted by Crippen LogP contribution is -2.50. The molecule has 4 aromatic heterocycles. The highest BCUT2D eigenvalue weighted by Crippen LogP contribution is 2.60. The Hall–Kier alpha value is -2.00. The Bertz CT molecular complexity index is 2340. The molecule has 0 spiro atoms. The standard InChI is InChI=1S/C32H51N9O11P2S2Si2/c1-31(2,3)57(7,8)51-23-19-13-46-53(43,55)49-22-18(12-45-54(44,56)50-25(23)29(48-19)40-16-38-20-26(33)34-14-36-28(20)40)47-21(24(22)52-58(9,10)32(4,5)6)17-11-39-41-27(17)35-15-37-30(41)42/h11,14-16,18-19,21-25,29H,12-13H2,1-10H3,(H,43,55)(H,44,56)(H2,33,34,36)(H,35,37,42)/t18-,19-,21+,22-,23-,24+,25-,29-,53?,54?/m1/s1. The molecule has 3 aliphatic rings. The summed E-state index contributed by atoms with van der Waals surface area (Å²) in [6, 6.07) is 0. The summed E-state index contributed by atoms with van der Waals surface area (Å²) in [5, 5.41) is 3.67. The Morgan fingerprint density at radius 2 is 1.59 bits per heavy atom. The zero-order valence-electron chi connectivity index (χ0n) is 33.8. The van der Waals surface area contributed by atoms with Crippen LogP contribution in [0.2, 0.25) is 36.3 Å². The molecular weight excluding hydrogens is 869 g/mol. The first-order valence-electron chi connectivity index (χ1n) is 18.6. The summed E-state index contributed by atoms with van der Waals surface area (Å²) in [7, 11) is -5.30. The van der Waals surface area contributed by atoms with Crippen molar-refractivity contribution >= 4 is 76.8 Å². The van der Waals surface area contributed by atoms with Gasteiger partial charge in [-0.25, -0.2) is 29.3 Å². The Balaban J connectivity index is 1.30. The van der Waals surface area contributed by atoms with Crippen molar-refractivity contribution < 1.29 is 45.9 Å². The van der Waals surface area contributed by atoms with Gasteiger partial charge in [0.15, 0.2) is 40.0 Å². The van der Waals surface area contributed by atoms with Gasteiger partial charge in [-0.05, 0) is 48.1 Å². The lowest BCUT2D eigenvalue weighted by molar-refractivity contribution is -0.0548. The van der Waals surface area contributed by atoms with Crippen molar-refractivity contribution in [3.63, 3.8) is 0 Å². The van der Waals surface area contributed by atoms with Crippen LogP contribution in [0.5, 0.6) is 0 Å². The molecule has 2 unspecified atom stereocenters. The van der Waals surface area contributed by atoms with Crippen LogP contribution in [0, 0.1) is 0 Å². The number of imidazole rings is 1. The Morgan fingerprint density at radius 3 is 2.26 bits per heavy atom. The molecule has 58 heavy (non-hydrogen) atoms. The minimum atomic E-state index is -4.35. The van der Waals surface area contributed by atoms with Gasteiger partial charge in [-0.1, -0.05) is 53.8 Å². The van der Waals surface area contributed by atoms with Crippen LogP contribution in [-0.4, -0.2) is 110 Å². The third-order valence-electron chi connectivity index (χ3n) is 11.7. The van der Waals surface area contributed by atoms with Crippen molar-refractivity contribution in [2.45, 2.75) is 127 Å². The van der Waals surface area contributed by atoms with E-state index in [1.165, 1.54) is 25.2 Å². The number of H-pyrrole nitrogens is 1. The fraction of sp³-hybridized carbons (Fsp3) is 0.688. The van der Waals surface area contributed by atoms with Gasteiger partial charge >= 0.3 is 19.2 Å². The number of fused-ring (bicyclic) bond motifs is 5. The molecule has 3 saturated heterocycles. The van der Waals surface area contributed by atoms with Gasteiger partial charge in [-0.2, -0.15) is 9.61 Å². The number of hydrogen-bond donors (Lipinski definition) is 4. The normalized spacial score (nSPS) is 33.2. The number of thiol groups is 1. The predicted octanol–water partition coefficient (Wildman–Crippen LogP) is 5.03. The maximum absolute atomic E-state index is 14.5. The molecule has 20 nitrogen and oxygen atoms in total. The number of ether oxygens (including phenoxy) is 2. The summed E-state index contributed by atoms with van der Waals surface area (Å²) in [4.78, 5) is 44.3. The first-order valence-corrected chi connectivity index (χ1v) is 29.7. The molecule has 10 atom stereocenters. The highest BCUT2D eigenvalue weighted by molar-refractivity contribution is 8.44. The molecule has 2 bridgehead atoms. The maximum atomic E-state index is 14.5. The lowest BCUT2D eigenvalue weighted by Gasteiger charge is -2.41. The number of aromatic amines is 1. The number of hydrogen-bond acceptors (Lipinski definition) is 17. The van der Waals surface area contributed by atoms with Gasteiger partial charge in [0.1, 0.15) is 54.6 Å². The molecular formula is C32H51N9O11P2S2Si2. The third-order valence-corrected chi connectivity index (χ3v) is 23.8. The average molecular weight is 920 g/mol. The van der Waals surface area contributed by atoms with Crippen molar-refractivity contribution in [3.05, 3.63) is 41.2 Å². The maximum Gasteiger partial charge on any atom is 0.386 e. The van der Waals surface area contributed by atoms with Crippen LogP contribution >= 0.6 is 25.8 Å². The smallest absolute Gasteiger partial charge is 0.386 e. The summed E-state index contributed by atoms with van der Waals surface area (Å²) >= 11 is 10.2. The van der Waals surface area contributed by atoms with Crippen molar-refractivity contribution in [1.82, 2.24) is 39.1 Å². The fourth-order valence-electron chi connectivity index (χ4n) is 6.53. The van der Waals surface area contributed by atoms with Gasteiger partial charge in [0, 0.05) is 5.56 Å². The minimum absolute atomic E-state index is 0.142. The molecule has 0 saturated carbocycles. The van der Waals surface area contributed by atoms with Gasteiger partial charge in [0.05, 0.1) is 32.1 Å². The SMILES string of the molecule is CC(C)(C)[Si](C)(C)O[C@@H]1[C@@H]2OP(O)(=S)OC[C@H]3O[C@@H](n4cnc5c(N)ncnc54)[C@H](OP(=O)(S)OC[C@H]2O[C@H]1c1cnn2c(=O)[nH]cnc12)[C@@H]3O[Si](C)(C)C(C)(C)C. The first-order chi connectivity index (χ1) is 26.8. The van der Waals surface area contributed by atoms with Gasteiger partial charge in [-0.3, -0.25) is 23.1 Å². The number of nitrogens with two attached hydrogens (primary N) is 1. The average Bonchev–Trinajstić information content (AvgIpc) is 3.87. The molecule has 0 aromatic carbocycles. The summed E-state index contributed by atoms with van der Waals surface area (Å²) < 4.78 is 69.4. The zero-order chi connectivity index (χ0) is 42.4. The molecule has 4 aromatic rings. The molecule has 320 valence electrons. The third kappa shape index (κ3) is 8.45. The summed E-state index contributed by atoms with van der Waals surface area (Å²) in [5.41, 5.74) is 6.84. The van der Waals surface area contributed by atoms with E-state index < -0.39 is 91.4 Å². The second-order valence-electron chi connectivity index (χ2n) is 17.6. The monoisotopic (exact) mass is 919 g/mol. The molecule has 3 aliphatic heterocycles. The van der Waals surface area contributed by atoms with E-state index in [2.05, 4.69) is 83.8 Å². The lowest BCUT2D eigenvalue weighted by atomic mass is 10.0. The molecule has 0 amide bonds. The van der Waals surface area contributed by atoms with Crippen LogP contribution in [0.1, 0.15) is 59.4 Å². The number of anilines is 1. The summed E-state index contributed by atoms with van der Waals surface area (Å²) in [5.74, 6) is 0.142. The van der Waals surface area contributed by atoms with Gasteiger partial charge in [-0.15, -0.1) is 0 Å². The Kier molecular flexibility index (Phi) is 11.7. The molecule has 0 aliphatic carbocycles. The van der Waals surface area contributed by atoms with Gasteiger partial charge < -0.3 is 33.5 Å².